The van der Waals surface area contributed by atoms with Crippen molar-refractivity contribution in [1.29, 1.82) is 0 Å². The first-order valence-electron chi connectivity index (χ1n) is 6.88. The molecule has 1 aliphatic heterocycles. The van der Waals surface area contributed by atoms with Crippen molar-refractivity contribution in [3.05, 3.63) is 18.0 Å². The van der Waals surface area contributed by atoms with Crippen LogP contribution in [0.25, 0.3) is 0 Å². The maximum absolute atomic E-state index is 12.6. The van der Waals surface area contributed by atoms with E-state index in [1.807, 2.05) is 7.05 Å². The minimum atomic E-state index is -3.56. The fourth-order valence-electron chi connectivity index (χ4n) is 2.26. The Morgan fingerprint density at radius 2 is 1.86 bits per heavy atom. The second kappa shape index (κ2) is 6.17. The van der Waals surface area contributed by atoms with Crippen molar-refractivity contribution in [2.75, 3.05) is 39.8 Å². The molecule has 8 heteroatoms. The van der Waals surface area contributed by atoms with E-state index in [9.17, 15) is 13.2 Å². The van der Waals surface area contributed by atoms with Crippen LogP contribution in [0, 0.1) is 0 Å². The van der Waals surface area contributed by atoms with E-state index in [2.05, 4.69) is 4.90 Å². The van der Waals surface area contributed by atoms with Crippen molar-refractivity contribution >= 4 is 16.0 Å². The van der Waals surface area contributed by atoms with Gasteiger partial charge in [-0.05, 0) is 20.0 Å². The summed E-state index contributed by atoms with van der Waals surface area (Å²) >= 11 is 0. The molecule has 1 fully saturated rings. The molecule has 0 N–H and O–H groups in total. The molecule has 0 atom stereocenters. The molecule has 21 heavy (non-hydrogen) atoms. The number of nitrogens with zero attached hydrogens (tertiary/aromatic N) is 3. The predicted octanol–water partition coefficient (Wildman–Crippen LogP) is 0.138. The second-order valence-electron chi connectivity index (χ2n) is 5.10. The third-order valence-electron chi connectivity index (χ3n) is 3.56. The summed E-state index contributed by atoms with van der Waals surface area (Å²) in [4.78, 5) is 14.0. The average Bonchev–Trinajstić information content (AvgIpc) is 2.82. The lowest BCUT2D eigenvalue weighted by molar-refractivity contribution is 0.0515. The summed E-state index contributed by atoms with van der Waals surface area (Å²) in [6.45, 7) is 4.30. The number of piperazine rings is 1. The van der Waals surface area contributed by atoms with Gasteiger partial charge in [-0.3, -0.25) is 0 Å². The largest absolute Gasteiger partial charge is 0.461 e. The summed E-state index contributed by atoms with van der Waals surface area (Å²) in [5.74, 6) is -0.514. The number of sulfonamides is 1. The van der Waals surface area contributed by atoms with Crippen molar-refractivity contribution in [3.8, 4) is 0 Å². The number of ether oxygens (including phenoxy) is 1. The quantitative estimate of drug-likeness (QED) is 0.739. The van der Waals surface area contributed by atoms with Gasteiger partial charge in [0.15, 0.2) is 0 Å². The average molecular weight is 315 g/mol. The van der Waals surface area contributed by atoms with Crippen LogP contribution < -0.4 is 0 Å². The van der Waals surface area contributed by atoms with E-state index in [0.717, 1.165) is 0 Å². The van der Waals surface area contributed by atoms with E-state index in [1.54, 1.807) is 14.0 Å². The van der Waals surface area contributed by atoms with Gasteiger partial charge >= 0.3 is 5.97 Å². The highest BCUT2D eigenvalue weighted by molar-refractivity contribution is 7.89. The first-order chi connectivity index (χ1) is 9.86. The maximum Gasteiger partial charge on any atom is 0.354 e. The number of aryl methyl sites for hydroxylation is 1. The van der Waals surface area contributed by atoms with Crippen LogP contribution >= 0.6 is 0 Å². The van der Waals surface area contributed by atoms with Gasteiger partial charge in [-0.1, -0.05) is 0 Å². The van der Waals surface area contributed by atoms with E-state index in [1.165, 1.54) is 21.1 Å². The molecule has 0 aromatic carbocycles. The lowest BCUT2D eigenvalue weighted by Crippen LogP contribution is -2.46. The highest BCUT2D eigenvalue weighted by Gasteiger charge is 2.29. The Labute approximate surface area is 125 Å². The SMILES string of the molecule is CCOC(=O)c1cc(S(=O)(=O)N2CCN(C)CC2)cn1C. The summed E-state index contributed by atoms with van der Waals surface area (Å²) in [7, 11) is 0.0403. The highest BCUT2D eigenvalue weighted by atomic mass is 32.2. The molecule has 1 aromatic rings. The molecule has 2 rings (SSSR count). The van der Waals surface area contributed by atoms with Gasteiger partial charge in [0.05, 0.1) is 6.61 Å². The van der Waals surface area contributed by atoms with Crippen molar-refractivity contribution in [2.24, 2.45) is 7.05 Å². The Bertz CT molecular complexity index is 615. The third kappa shape index (κ3) is 3.28. The molecule has 118 valence electrons. The molecular formula is C13H21N3O4S. The lowest BCUT2D eigenvalue weighted by Gasteiger charge is -2.31. The van der Waals surface area contributed by atoms with Crippen LogP contribution in [-0.2, 0) is 21.8 Å². The van der Waals surface area contributed by atoms with E-state index in [4.69, 9.17) is 4.74 Å². The van der Waals surface area contributed by atoms with Gasteiger partial charge in [-0.25, -0.2) is 13.2 Å². The van der Waals surface area contributed by atoms with E-state index in [0.29, 0.717) is 26.2 Å². The molecule has 1 aliphatic rings. The van der Waals surface area contributed by atoms with E-state index < -0.39 is 16.0 Å². The minimum Gasteiger partial charge on any atom is -0.461 e. The lowest BCUT2D eigenvalue weighted by atomic mass is 10.4. The fourth-order valence-corrected chi connectivity index (χ4v) is 3.75. The molecule has 0 spiro atoms. The van der Waals surface area contributed by atoms with Crippen LogP contribution in [0.1, 0.15) is 17.4 Å². The van der Waals surface area contributed by atoms with Crippen molar-refractivity contribution in [2.45, 2.75) is 11.8 Å². The third-order valence-corrected chi connectivity index (χ3v) is 5.43. The Balaban J connectivity index is 2.25. The molecule has 0 aliphatic carbocycles. The summed E-state index contributed by atoms with van der Waals surface area (Å²) in [5.41, 5.74) is 0.240. The molecule has 0 amide bonds. The fraction of sp³-hybridized carbons (Fsp3) is 0.615. The molecule has 1 aromatic heterocycles. The minimum absolute atomic E-state index is 0.137. The van der Waals surface area contributed by atoms with Crippen LogP contribution in [0.2, 0.25) is 0 Å². The monoisotopic (exact) mass is 315 g/mol. The number of esters is 1. The van der Waals surface area contributed by atoms with Crippen molar-refractivity contribution in [3.63, 3.8) is 0 Å². The van der Waals surface area contributed by atoms with Crippen LogP contribution in [0.4, 0.5) is 0 Å². The number of hydrogen-bond acceptors (Lipinski definition) is 5. The van der Waals surface area contributed by atoms with Crippen LogP contribution in [0.5, 0.6) is 0 Å². The van der Waals surface area contributed by atoms with Gasteiger partial charge in [-0.15, -0.1) is 0 Å². The Morgan fingerprint density at radius 3 is 2.43 bits per heavy atom. The second-order valence-corrected chi connectivity index (χ2v) is 7.04. The zero-order valence-electron chi connectivity index (χ0n) is 12.6. The standard InChI is InChI=1S/C13H21N3O4S/c1-4-20-13(17)12-9-11(10-15(12)3)21(18,19)16-7-5-14(2)6-8-16/h9-10H,4-8H2,1-3H3. The summed E-state index contributed by atoms with van der Waals surface area (Å²) in [5, 5.41) is 0. The molecule has 7 nitrogen and oxygen atoms in total. The van der Waals surface area contributed by atoms with Gasteiger partial charge in [0.2, 0.25) is 10.0 Å². The number of carbonyl (C=O) groups is 1. The molecule has 1 saturated heterocycles. The van der Waals surface area contributed by atoms with Crippen LogP contribution in [0.3, 0.4) is 0 Å². The first-order valence-corrected chi connectivity index (χ1v) is 8.32. The first kappa shape index (κ1) is 16.0. The van der Waals surface area contributed by atoms with Crippen molar-refractivity contribution < 1.29 is 17.9 Å². The maximum atomic E-state index is 12.6. The summed E-state index contributed by atoms with van der Waals surface area (Å²) in [6, 6.07) is 1.38. The summed E-state index contributed by atoms with van der Waals surface area (Å²) < 4.78 is 33.0. The summed E-state index contributed by atoms with van der Waals surface area (Å²) in [6.07, 6.45) is 1.46. The topological polar surface area (TPSA) is 71.8 Å². The predicted molar refractivity (Wildman–Crippen MR) is 77.6 cm³/mol. The van der Waals surface area contributed by atoms with Crippen molar-refractivity contribution in [1.82, 2.24) is 13.8 Å². The molecule has 2 heterocycles. The van der Waals surface area contributed by atoms with Crippen LogP contribution in [-0.4, -0.2) is 68.0 Å². The molecule has 0 saturated carbocycles. The van der Waals surface area contributed by atoms with Crippen LogP contribution in [0.15, 0.2) is 17.2 Å². The number of aromatic nitrogens is 1. The number of carbonyl (C=O) groups excluding carboxylic acids is 1. The number of likely N-dealkylation sites (N-methyl/N-ethyl adjacent to an activating group) is 1. The number of hydrogen-bond donors (Lipinski definition) is 0. The zero-order chi connectivity index (χ0) is 15.6. The molecular weight excluding hydrogens is 294 g/mol. The van der Waals surface area contributed by atoms with Gasteiger partial charge in [0, 0.05) is 39.4 Å². The van der Waals surface area contributed by atoms with Gasteiger partial charge in [0.25, 0.3) is 0 Å². The smallest absolute Gasteiger partial charge is 0.354 e. The normalized spacial score (nSPS) is 17.9. The number of rotatable bonds is 4. The Hall–Kier alpha value is -1.38. The van der Waals surface area contributed by atoms with Gasteiger partial charge < -0.3 is 14.2 Å². The van der Waals surface area contributed by atoms with E-state index >= 15 is 0 Å². The van der Waals surface area contributed by atoms with E-state index in [-0.39, 0.29) is 17.2 Å². The van der Waals surface area contributed by atoms with Gasteiger partial charge in [-0.2, -0.15) is 4.31 Å². The van der Waals surface area contributed by atoms with Gasteiger partial charge in [0.1, 0.15) is 10.6 Å². The zero-order valence-corrected chi connectivity index (χ0v) is 13.4. The molecule has 0 radical (unpaired) electrons. The molecule has 0 bridgehead atoms. The Kier molecular flexibility index (Phi) is 4.70. The highest BCUT2D eigenvalue weighted by Crippen LogP contribution is 2.20. The Morgan fingerprint density at radius 1 is 1.24 bits per heavy atom. The molecule has 0 unspecified atom stereocenters.